The second-order valence-electron chi connectivity index (χ2n) is 5.07. The molecule has 0 spiro atoms. The maximum atomic E-state index is 5.76. The molecule has 1 fully saturated rings. The molecule has 1 aliphatic rings. The van der Waals surface area contributed by atoms with Gasteiger partial charge in [-0.15, -0.1) is 0 Å². The summed E-state index contributed by atoms with van der Waals surface area (Å²) in [5.41, 5.74) is 9.08. The van der Waals surface area contributed by atoms with Crippen molar-refractivity contribution in [3.8, 4) is 22.6 Å². The Morgan fingerprint density at radius 3 is 2.35 bits per heavy atom. The van der Waals surface area contributed by atoms with Crippen LogP contribution in [0.3, 0.4) is 0 Å². The molecule has 2 aromatic carbocycles. The van der Waals surface area contributed by atoms with Crippen molar-refractivity contribution < 1.29 is 9.47 Å². The van der Waals surface area contributed by atoms with E-state index >= 15 is 0 Å². The zero-order valence-electron chi connectivity index (χ0n) is 11.6. The second kappa shape index (κ2) is 5.55. The number of hydrogen-bond acceptors (Lipinski definition) is 3. The Bertz CT molecular complexity index is 588. The molecule has 0 saturated heterocycles. The average molecular weight is 269 g/mol. The van der Waals surface area contributed by atoms with Crippen molar-refractivity contribution in [1.82, 2.24) is 0 Å². The summed E-state index contributed by atoms with van der Waals surface area (Å²) in [6.07, 6.45) is 2.80. The minimum atomic E-state index is 0.436. The van der Waals surface area contributed by atoms with Gasteiger partial charge in [-0.1, -0.05) is 18.2 Å². The fourth-order valence-electron chi connectivity index (χ4n) is 2.22. The van der Waals surface area contributed by atoms with Crippen LogP contribution in [0.2, 0.25) is 0 Å². The molecule has 2 aromatic rings. The average Bonchev–Trinajstić information content (AvgIpc) is 3.31. The van der Waals surface area contributed by atoms with E-state index in [4.69, 9.17) is 15.2 Å². The maximum Gasteiger partial charge on any atom is 0.123 e. The highest BCUT2D eigenvalue weighted by atomic mass is 16.5. The fourth-order valence-corrected chi connectivity index (χ4v) is 2.22. The highest BCUT2D eigenvalue weighted by Crippen LogP contribution is 2.30. The highest BCUT2D eigenvalue weighted by Gasteiger charge is 2.23. The van der Waals surface area contributed by atoms with E-state index in [2.05, 4.69) is 24.3 Å². The van der Waals surface area contributed by atoms with Crippen LogP contribution < -0.4 is 15.2 Å². The lowest BCUT2D eigenvalue weighted by Gasteiger charge is -2.10. The molecule has 0 radical (unpaired) electrons. The van der Waals surface area contributed by atoms with Crippen LogP contribution in [0.5, 0.6) is 11.5 Å². The summed E-state index contributed by atoms with van der Waals surface area (Å²) in [5, 5.41) is 0. The topological polar surface area (TPSA) is 44.5 Å². The molecule has 0 aliphatic heterocycles. The van der Waals surface area contributed by atoms with Gasteiger partial charge in [-0.3, -0.25) is 0 Å². The van der Waals surface area contributed by atoms with Gasteiger partial charge in [-0.25, -0.2) is 0 Å². The molecule has 0 atom stereocenters. The van der Waals surface area contributed by atoms with E-state index in [0.717, 1.165) is 28.2 Å². The van der Waals surface area contributed by atoms with Gasteiger partial charge in [0.25, 0.3) is 0 Å². The van der Waals surface area contributed by atoms with Crippen LogP contribution in [0.25, 0.3) is 11.1 Å². The summed E-state index contributed by atoms with van der Waals surface area (Å²) in [6.45, 7) is 0.472. The number of benzene rings is 2. The van der Waals surface area contributed by atoms with E-state index in [0.29, 0.717) is 12.6 Å². The van der Waals surface area contributed by atoms with Gasteiger partial charge in [0.2, 0.25) is 0 Å². The summed E-state index contributed by atoms with van der Waals surface area (Å²) in [6, 6.07) is 14.3. The van der Waals surface area contributed by atoms with Crippen molar-refractivity contribution in [2.24, 2.45) is 5.73 Å². The molecule has 1 aliphatic carbocycles. The summed E-state index contributed by atoms with van der Waals surface area (Å²) in [5.74, 6) is 1.79. The maximum absolute atomic E-state index is 5.76. The van der Waals surface area contributed by atoms with Crippen molar-refractivity contribution in [1.29, 1.82) is 0 Å². The van der Waals surface area contributed by atoms with E-state index in [9.17, 15) is 0 Å². The van der Waals surface area contributed by atoms with Crippen LogP contribution in [0.1, 0.15) is 18.4 Å². The smallest absolute Gasteiger partial charge is 0.123 e. The van der Waals surface area contributed by atoms with Crippen molar-refractivity contribution in [2.75, 3.05) is 7.11 Å². The molecule has 3 heteroatoms. The Kier molecular flexibility index (Phi) is 3.61. The van der Waals surface area contributed by atoms with Crippen LogP contribution >= 0.6 is 0 Å². The second-order valence-corrected chi connectivity index (χ2v) is 5.07. The first-order valence-electron chi connectivity index (χ1n) is 6.94. The SMILES string of the molecule is COc1ccc(-c2ccc(OC3CC3)cc2)cc1CN. The van der Waals surface area contributed by atoms with Crippen molar-refractivity contribution >= 4 is 0 Å². The standard InChI is InChI=1S/C17H19NO2/c1-19-17-9-4-13(10-14(17)11-18)12-2-5-15(6-3-12)20-16-7-8-16/h2-6,9-10,16H,7-8,11,18H2,1H3. The molecular formula is C17H19NO2. The number of methoxy groups -OCH3 is 1. The zero-order chi connectivity index (χ0) is 13.9. The van der Waals surface area contributed by atoms with Crippen LogP contribution in [0.15, 0.2) is 42.5 Å². The van der Waals surface area contributed by atoms with Crippen LogP contribution in [0.4, 0.5) is 0 Å². The van der Waals surface area contributed by atoms with E-state index in [-0.39, 0.29) is 0 Å². The Balaban J connectivity index is 1.84. The van der Waals surface area contributed by atoms with Gasteiger partial charge in [0, 0.05) is 12.1 Å². The Hall–Kier alpha value is -2.00. The summed E-state index contributed by atoms with van der Waals surface area (Å²) in [4.78, 5) is 0. The van der Waals surface area contributed by atoms with Crippen LogP contribution in [-0.4, -0.2) is 13.2 Å². The molecule has 0 unspecified atom stereocenters. The predicted octanol–water partition coefficient (Wildman–Crippen LogP) is 3.36. The van der Waals surface area contributed by atoms with E-state index in [1.165, 1.54) is 12.8 Å². The van der Waals surface area contributed by atoms with E-state index in [1.807, 2.05) is 18.2 Å². The quantitative estimate of drug-likeness (QED) is 0.905. The van der Waals surface area contributed by atoms with Gasteiger partial charge < -0.3 is 15.2 Å². The van der Waals surface area contributed by atoms with Gasteiger partial charge in [-0.05, 0) is 48.2 Å². The van der Waals surface area contributed by atoms with E-state index < -0.39 is 0 Å². The van der Waals surface area contributed by atoms with Crippen LogP contribution in [-0.2, 0) is 6.54 Å². The summed E-state index contributed by atoms with van der Waals surface area (Å²) >= 11 is 0. The predicted molar refractivity (Wildman–Crippen MR) is 80.0 cm³/mol. The number of nitrogens with two attached hydrogens (primary N) is 1. The monoisotopic (exact) mass is 269 g/mol. The van der Waals surface area contributed by atoms with Gasteiger partial charge in [0.1, 0.15) is 11.5 Å². The van der Waals surface area contributed by atoms with Crippen molar-refractivity contribution in [3.63, 3.8) is 0 Å². The lowest BCUT2D eigenvalue weighted by atomic mass is 10.0. The normalized spacial score (nSPS) is 14.1. The molecule has 0 amide bonds. The molecule has 3 rings (SSSR count). The van der Waals surface area contributed by atoms with E-state index in [1.54, 1.807) is 7.11 Å². The first-order chi connectivity index (χ1) is 9.80. The third-order valence-corrected chi connectivity index (χ3v) is 3.52. The molecule has 20 heavy (non-hydrogen) atoms. The third kappa shape index (κ3) is 2.78. The Morgan fingerprint density at radius 2 is 1.75 bits per heavy atom. The molecule has 104 valence electrons. The Labute approximate surface area is 119 Å². The first-order valence-corrected chi connectivity index (χ1v) is 6.94. The number of hydrogen-bond donors (Lipinski definition) is 1. The minimum Gasteiger partial charge on any atom is -0.496 e. The molecule has 0 aromatic heterocycles. The minimum absolute atomic E-state index is 0.436. The third-order valence-electron chi connectivity index (χ3n) is 3.52. The molecule has 2 N–H and O–H groups in total. The summed E-state index contributed by atoms with van der Waals surface area (Å²) in [7, 11) is 1.66. The van der Waals surface area contributed by atoms with Crippen molar-refractivity contribution in [2.45, 2.75) is 25.5 Å². The highest BCUT2D eigenvalue weighted by molar-refractivity contribution is 5.66. The number of ether oxygens (including phenoxy) is 2. The Morgan fingerprint density at radius 1 is 1.05 bits per heavy atom. The molecule has 1 saturated carbocycles. The number of rotatable bonds is 5. The fraction of sp³-hybridized carbons (Fsp3) is 0.294. The van der Waals surface area contributed by atoms with Gasteiger partial charge in [-0.2, -0.15) is 0 Å². The van der Waals surface area contributed by atoms with Crippen LogP contribution in [0, 0.1) is 0 Å². The van der Waals surface area contributed by atoms with Gasteiger partial charge >= 0.3 is 0 Å². The van der Waals surface area contributed by atoms with Crippen molar-refractivity contribution in [3.05, 3.63) is 48.0 Å². The molecule has 0 bridgehead atoms. The molecule has 3 nitrogen and oxygen atoms in total. The molecule has 0 heterocycles. The van der Waals surface area contributed by atoms with Gasteiger partial charge in [0.05, 0.1) is 13.2 Å². The summed E-state index contributed by atoms with van der Waals surface area (Å²) < 4.78 is 11.1. The lowest BCUT2D eigenvalue weighted by Crippen LogP contribution is -2.00. The lowest BCUT2D eigenvalue weighted by molar-refractivity contribution is 0.303. The molecular weight excluding hydrogens is 250 g/mol. The first kappa shape index (κ1) is 13.0. The van der Waals surface area contributed by atoms with Gasteiger partial charge in [0.15, 0.2) is 0 Å². The largest absolute Gasteiger partial charge is 0.496 e. The zero-order valence-corrected chi connectivity index (χ0v) is 11.6.